The predicted octanol–water partition coefficient (Wildman–Crippen LogP) is 13.7. The quantitative estimate of drug-likeness (QED) is 0.215. The van der Waals surface area contributed by atoms with Gasteiger partial charge >= 0.3 is 0 Å². The molecule has 0 aliphatic heterocycles. The van der Waals surface area contributed by atoms with Crippen LogP contribution >= 0.6 is 0 Å². The van der Waals surface area contributed by atoms with E-state index in [1.165, 1.54) is 49.1 Å². The smallest absolute Gasteiger partial charge is 0.0491 e. The third-order valence-electron chi connectivity index (χ3n) is 15.7. The van der Waals surface area contributed by atoms with Crippen molar-refractivity contribution < 1.29 is 0 Å². The summed E-state index contributed by atoms with van der Waals surface area (Å²) in [6, 6.07) is 5.37. The summed E-state index contributed by atoms with van der Waals surface area (Å²) >= 11 is 0. The normalized spacial score (nSPS) is 34.8. The Bertz CT molecular complexity index is 2280. The van der Waals surface area contributed by atoms with Crippen molar-refractivity contribution in [3.63, 3.8) is 0 Å². The molecule has 0 bridgehead atoms. The first kappa shape index (κ1) is 35.8. The molecule has 1 aromatic carbocycles. The molecule has 0 radical (unpaired) electrons. The van der Waals surface area contributed by atoms with Gasteiger partial charge in [0.05, 0.1) is 0 Å². The molecule has 0 aromatic heterocycles. The van der Waals surface area contributed by atoms with Crippen LogP contribution in [0.2, 0.25) is 0 Å². The Balaban J connectivity index is 1.35. The van der Waals surface area contributed by atoms with Crippen LogP contribution < -0.4 is 4.90 Å². The Labute approximate surface area is 336 Å². The summed E-state index contributed by atoms with van der Waals surface area (Å²) in [5, 5.41) is 0. The standard InChI is InChI=1S/C55H59N/c1-6-19-38(7-2)44-33-51-39(32-52(44)56(5)40-20-11-8-12-21-40)34-54(35-45-36(3)28-30-41(45)42-22-17-18-24-46(42)54)48-26-15-10-16-27-49(48)55(51)47-25-14-9-13-23-43(47)53-37(4)29-31-50(53)55/h6-7,10,14-20,22,24-26,28-33,36-37,42-43,46-47H,1-2,8-9,11-13,21,23,27,34-35H2,3-5H3/b38-19+. The number of anilines is 1. The van der Waals surface area contributed by atoms with E-state index in [1.54, 1.807) is 44.6 Å². The SMILES string of the molecule is C=C/C=C(\C=C)c1cc2c(cc1N(C)C1=CCCCC1)CC1(CC3=C(C=CC3C)C3C=CC=CC31)C1=C(CC=CC=C1)C21C2=C(C(C)C=C2)C2CCCC=CC21. The highest BCUT2D eigenvalue weighted by molar-refractivity contribution is 5.86. The molecule has 56 heavy (non-hydrogen) atoms. The zero-order chi connectivity index (χ0) is 38.2. The van der Waals surface area contributed by atoms with Crippen LogP contribution in [-0.2, 0) is 11.8 Å². The molecular formula is C55H59N. The van der Waals surface area contributed by atoms with E-state index in [0.29, 0.717) is 35.5 Å². The lowest BCUT2D eigenvalue weighted by Crippen LogP contribution is -2.43. The van der Waals surface area contributed by atoms with Gasteiger partial charge in [-0.1, -0.05) is 148 Å². The molecule has 9 aliphatic carbocycles. The average Bonchev–Trinajstić information content (AvgIpc) is 3.66. The maximum absolute atomic E-state index is 4.43. The molecule has 0 fully saturated rings. The molecule has 8 atom stereocenters. The third-order valence-corrected chi connectivity index (χ3v) is 15.7. The van der Waals surface area contributed by atoms with Gasteiger partial charge in [0.2, 0.25) is 0 Å². The minimum absolute atomic E-state index is 0.0952. The number of nitrogens with zero attached hydrogens (tertiary/aromatic N) is 1. The lowest BCUT2D eigenvalue weighted by Gasteiger charge is -2.50. The molecule has 9 aliphatic rings. The zero-order valence-corrected chi connectivity index (χ0v) is 33.9. The minimum atomic E-state index is -0.274. The summed E-state index contributed by atoms with van der Waals surface area (Å²) in [7, 11) is 2.33. The van der Waals surface area contributed by atoms with Gasteiger partial charge in [0.15, 0.2) is 0 Å². The Morgan fingerprint density at radius 2 is 1.70 bits per heavy atom. The maximum Gasteiger partial charge on any atom is 0.0491 e. The van der Waals surface area contributed by atoms with Crippen molar-refractivity contribution in [2.45, 2.75) is 83.5 Å². The third kappa shape index (κ3) is 5.04. The van der Waals surface area contributed by atoms with E-state index in [0.717, 1.165) is 37.7 Å². The Kier molecular flexibility index (Phi) is 8.81. The van der Waals surface area contributed by atoms with Crippen molar-refractivity contribution in [1.29, 1.82) is 0 Å². The van der Waals surface area contributed by atoms with Gasteiger partial charge in [-0.3, -0.25) is 0 Å². The lowest BCUT2D eigenvalue weighted by molar-refractivity contribution is 0.200. The zero-order valence-electron chi connectivity index (χ0n) is 33.9. The molecule has 1 aromatic rings. The van der Waals surface area contributed by atoms with E-state index >= 15 is 0 Å². The first-order valence-electron chi connectivity index (χ1n) is 21.9. The van der Waals surface area contributed by atoms with Gasteiger partial charge in [0, 0.05) is 46.7 Å². The minimum Gasteiger partial charge on any atom is -0.348 e. The summed E-state index contributed by atoms with van der Waals surface area (Å²) in [4.78, 5) is 2.54. The second-order valence-corrected chi connectivity index (χ2v) is 18.2. The molecule has 1 nitrogen and oxygen atoms in total. The van der Waals surface area contributed by atoms with E-state index in [1.807, 2.05) is 6.08 Å². The first-order chi connectivity index (χ1) is 27.4. The van der Waals surface area contributed by atoms with E-state index in [9.17, 15) is 0 Å². The molecule has 0 amide bonds. The topological polar surface area (TPSA) is 3.24 Å². The van der Waals surface area contributed by atoms with Crippen molar-refractivity contribution in [3.8, 4) is 0 Å². The van der Waals surface area contributed by atoms with Crippen molar-refractivity contribution in [2.75, 3.05) is 11.9 Å². The fourth-order valence-electron chi connectivity index (χ4n) is 13.3. The molecule has 1 heteroatoms. The van der Waals surface area contributed by atoms with Gasteiger partial charge < -0.3 is 4.90 Å². The number of fused-ring (bicyclic) bond motifs is 11. The number of rotatable bonds is 5. The molecule has 10 rings (SSSR count). The van der Waals surface area contributed by atoms with Crippen LogP contribution in [0.4, 0.5) is 5.69 Å². The van der Waals surface area contributed by atoms with Gasteiger partial charge in [-0.2, -0.15) is 0 Å². The molecule has 0 saturated carbocycles. The van der Waals surface area contributed by atoms with Crippen LogP contribution in [0, 0.1) is 40.9 Å². The molecule has 0 saturated heterocycles. The fraction of sp³-hybridized carbons (Fsp3) is 0.382. The lowest BCUT2D eigenvalue weighted by atomic mass is 9.52. The number of hydrogen-bond acceptors (Lipinski definition) is 1. The Hall–Kier alpha value is -4.62. The molecular weight excluding hydrogens is 675 g/mol. The van der Waals surface area contributed by atoms with Gasteiger partial charge in [-0.25, -0.2) is 0 Å². The largest absolute Gasteiger partial charge is 0.348 e. The monoisotopic (exact) mass is 733 g/mol. The maximum atomic E-state index is 4.43. The second kappa shape index (κ2) is 13.8. The first-order valence-corrected chi connectivity index (χ1v) is 21.9. The molecule has 284 valence electrons. The van der Waals surface area contributed by atoms with E-state index < -0.39 is 0 Å². The summed E-state index contributed by atoms with van der Waals surface area (Å²) in [5.41, 5.74) is 17.8. The van der Waals surface area contributed by atoms with E-state index in [2.05, 4.69) is 154 Å². The van der Waals surface area contributed by atoms with Crippen LogP contribution in [0.25, 0.3) is 5.57 Å². The summed E-state index contributed by atoms with van der Waals surface area (Å²) in [6.45, 7) is 13.5. The van der Waals surface area contributed by atoms with Gasteiger partial charge in [0.1, 0.15) is 0 Å². The van der Waals surface area contributed by atoms with Gasteiger partial charge in [0.25, 0.3) is 0 Å². The molecule has 0 heterocycles. The van der Waals surface area contributed by atoms with Crippen LogP contribution in [-0.4, -0.2) is 7.05 Å². The summed E-state index contributed by atoms with van der Waals surface area (Å²) in [6.07, 6.45) is 55.4. The highest BCUT2D eigenvalue weighted by atomic mass is 15.1. The fourth-order valence-corrected chi connectivity index (χ4v) is 13.3. The molecule has 2 spiro atoms. The van der Waals surface area contributed by atoms with Crippen LogP contribution in [0.15, 0.2) is 174 Å². The van der Waals surface area contributed by atoms with Crippen LogP contribution in [0.5, 0.6) is 0 Å². The van der Waals surface area contributed by atoms with Gasteiger partial charge in [-0.05, 0) is 139 Å². The van der Waals surface area contributed by atoms with Crippen molar-refractivity contribution >= 4 is 11.3 Å². The summed E-state index contributed by atoms with van der Waals surface area (Å²) < 4.78 is 0. The number of allylic oxidation sites excluding steroid dienone is 26. The predicted molar refractivity (Wildman–Crippen MR) is 238 cm³/mol. The number of hydrogen-bond donors (Lipinski definition) is 0. The Morgan fingerprint density at radius 3 is 2.54 bits per heavy atom. The average molecular weight is 734 g/mol. The Morgan fingerprint density at radius 1 is 0.821 bits per heavy atom. The number of benzene rings is 1. The van der Waals surface area contributed by atoms with E-state index in [4.69, 9.17) is 0 Å². The van der Waals surface area contributed by atoms with E-state index in [-0.39, 0.29) is 10.8 Å². The van der Waals surface area contributed by atoms with Crippen molar-refractivity contribution in [1.82, 2.24) is 0 Å². The second-order valence-electron chi connectivity index (χ2n) is 18.2. The highest BCUT2D eigenvalue weighted by Gasteiger charge is 2.61. The highest BCUT2D eigenvalue weighted by Crippen LogP contribution is 2.69. The van der Waals surface area contributed by atoms with Gasteiger partial charge in [-0.15, -0.1) is 0 Å². The van der Waals surface area contributed by atoms with Crippen LogP contribution in [0.3, 0.4) is 0 Å². The van der Waals surface area contributed by atoms with Crippen LogP contribution in [0.1, 0.15) is 88.3 Å². The summed E-state index contributed by atoms with van der Waals surface area (Å²) in [5.74, 6) is 2.58. The molecule has 0 N–H and O–H groups in total. The molecule has 8 unspecified atom stereocenters. The van der Waals surface area contributed by atoms with Crippen molar-refractivity contribution in [2.24, 2.45) is 40.9 Å². The van der Waals surface area contributed by atoms with Crippen molar-refractivity contribution in [3.05, 3.63) is 190 Å².